The number of ether oxygens (including phenoxy) is 1. The normalized spacial score (nSPS) is 32.9. The number of hydrogen-bond acceptors (Lipinski definition) is 6. The summed E-state index contributed by atoms with van der Waals surface area (Å²) in [5.41, 5.74) is 4.43. The molecule has 3 N–H and O–H groups in total. The standard InChI is InChI=1S/C9H10FN5O5/c10-6-5(18)7(20-9(6,3-16)13-14-11)15-2-1-4(17)12-8(15)19/h1-2,5-7,16,18H,3H2,(H,12,17,19)/t5-,6-,7-,9-/m1/s1. The molecule has 0 spiro atoms. The van der Waals surface area contributed by atoms with E-state index in [1.165, 1.54) is 0 Å². The van der Waals surface area contributed by atoms with Crippen LogP contribution < -0.4 is 11.2 Å². The van der Waals surface area contributed by atoms with Gasteiger partial charge in [0.2, 0.25) is 5.72 Å². The molecule has 20 heavy (non-hydrogen) atoms. The molecule has 0 radical (unpaired) electrons. The second-order valence-electron chi connectivity index (χ2n) is 4.11. The molecule has 10 nitrogen and oxygen atoms in total. The van der Waals surface area contributed by atoms with E-state index < -0.39 is 42.1 Å². The summed E-state index contributed by atoms with van der Waals surface area (Å²) in [6.07, 6.45) is -4.67. The highest BCUT2D eigenvalue weighted by Crippen LogP contribution is 2.39. The van der Waals surface area contributed by atoms with Gasteiger partial charge in [-0.2, -0.15) is 0 Å². The van der Waals surface area contributed by atoms with Gasteiger partial charge in [0.1, 0.15) is 6.10 Å². The molecule has 4 atom stereocenters. The third-order valence-corrected chi connectivity index (χ3v) is 2.91. The fourth-order valence-electron chi connectivity index (χ4n) is 1.91. The molecule has 108 valence electrons. The van der Waals surface area contributed by atoms with Crippen LogP contribution in [0.2, 0.25) is 0 Å². The first-order valence-electron chi connectivity index (χ1n) is 5.44. The second kappa shape index (κ2) is 5.06. The van der Waals surface area contributed by atoms with Gasteiger partial charge in [-0.25, -0.2) is 9.18 Å². The summed E-state index contributed by atoms with van der Waals surface area (Å²) in [6.45, 7) is -1.02. The maximum absolute atomic E-state index is 14.0. The second-order valence-corrected chi connectivity index (χ2v) is 4.11. The van der Waals surface area contributed by atoms with Crippen LogP contribution in [0.5, 0.6) is 0 Å². The van der Waals surface area contributed by atoms with Gasteiger partial charge in [-0.3, -0.25) is 14.3 Å². The number of nitrogens with zero attached hydrogens (tertiary/aromatic N) is 4. The molecule has 0 amide bonds. The number of alkyl halides is 1. The summed E-state index contributed by atoms with van der Waals surface area (Å²) in [5, 5.41) is 21.9. The zero-order valence-electron chi connectivity index (χ0n) is 9.88. The Balaban J connectivity index is 2.47. The van der Waals surface area contributed by atoms with Crippen molar-refractivity contribution in [2.75, 3.05) is 6.61 Å². The van der Waals surface area contributed by atoms with E-state index in [9.17, 15) is 19.1 Å². The average molecular weight is 287 g/mol. The van der Waals surface area contributed by atoms with Crippen LogP contribution in [0.1, 0.15) is 6.23 Å². The van der Waals surface area contributed by atoms with Crippen molar-refractivity contribution in [3.8, 4) is 0 Å². The summed E-state index contributed by atoms with van der Waals surface area (Å²) in [7, 11) is 0. The largest absolute Gasteiger partial charge is 0.393 e. The Hall–Kier alpha value is -2.20. The number of halogens is 1. The quantitative estimate of drug-likeness (QED) is 0.360. The van der Waals surface area contributed by atoms with E-state index in [1.54, 1.807) is 0 Å². The molecule has 2 heterocycles. The lowest BCUT2D eigenvalue weighted by molar-refractivity contribution is -0.116. The van der Waals surface area contributed by atoms with Crippen LogP contribution in [0.3, 0.4) is 0 Å². The molecule has 2 rings (SSSR count). The van der Waals surface area contributed by atoms with Crippen molar-refractivity contribution in [3.63, 3.8) is 0 Å². The molecule has 1 aromatic rings. The van der Waals surface area contributed by atoms with Gasteiger partial charge in [0.25, 0.3) is 5.56 Å². The topological polar surface area (TPSA) is 153 Å². The van der Waals surface area contributed by atoms with Crippen LogP contribution in [-0.4, -0.2) is 44.4 Å². The minimum Gasteiger partial charge on any atom is -0.393 e. The minimum atomic E-state index is -2.32. The lowest BCUT2D eigenvalue weighted by atomic mass is 10.1. The van der Waals surface area contributed by atoms with Crippen molar-refractivity contribution in [2.24, 2.45) is 5.11 Å². The van der Waals surface area contributed by atoms with E-state index in [2.05, 4.69) is 10.0 Å². The fourth-order valence-corrected chi connectivity index (χ4v) is 1.91. The highest BCUT2D eigenvalue weighted by atomic mass is 19.1. The smallest absolute Gasteiger partial charge is 0.330 e. The van der Waals surface area contributed by atoms with Crippen molar-refractivity contribution in [1.29, 1.82) is 0 Å². The van der Waals surface area contributed by atoms with Gasteiger partial charge in [0.15, 0.2) is 12.4 Å². The summed E-state index contributed by atoms with van der Waals surface area (Å²) < 4.78 is 19.7. The molecule has 0 bridgehead atoms. The molecule has 0 aromatic carbocycles. The molecule has 1 aromatic heterocycles. The molecule has 0 aliphatic carbocycles. The zero-order valence-corrected chi connectivity index (χ0v) is 9.88. The van der Waals surface area contributed by atoms with Crippen LogP contribution in [0, 0.1) is 0 Å². The monoisotopic (exact) mass is 287 g/mol. The zero-order chi connectivity index (χ0) is 14.9. The van der Waals surface area contributed by atoms with Gasteiger partial charge in [-0.1, -0.05) is 5.11 Å². The van der Waals surface area contributed by atoms with Gasteiger partial charge in [0.05, 0.1) is 6.61 Å². The molecule has 11 heteroatoms. The third kappa shape index (κ3) is 2.08. The van der Waals surface area contributed by atoms with Gasteiger partial charge in [-0.15, -0.1) is 0 Å². The molecule has 0 unspecified atom stereocenters. The molecule has 1 aliphatic rings. The maximum Gasteiger partial charge on any atom is 0.330 e. The van der Waals surface area contributed by atoms with Crippen LogP contribution in [-0.2, 0) is 4.74 Å². The van der Waals surface area contributed by atoms with Crippen LogP contribution >= 0.6 is 0 Å². The molecule has 1 saturated heterocycles. The number of aliphatic hydroxyl groups is 2. The number of aromatic nitrogens is 2. The first kappa shape index (κ1) is 14.2. The molecular formula is C9H10FN5O5. The predicted molar refractivity (Wildman–Crippen MR) is 61.3 cm³/mol. The number of nitrogens with one attached hydrogen (secondary N) is 1. The highest BCUT2D eigenvalue weighted by Gasteiger charge is 2.56. The summed E-state index contributed by atoms with van der Waals surface area (Å²) >= 11 is 0. The Bertz CT molecular complexity index is 667. The SMILES string of the molecule is [N-]=[N+]=N[C@]1(CO)O[C@@H](n2ccc(=O)[nH]c2=O)[C@H](O)[C@H]1F. The fraction of sp³-hybridized carbons (Fsp3) is 0.556. The van der Waals surface area contributed by atoms with E-state index in [0.29, 0.717) is 0 Å². The Morgan fingerprint density at radius 1 is 1.65 bits per heavy atom. The summed E-state index contributed by atoms with van der Waals surface area (Å²) in [5.74, 6) is 0. The Labute approximate surface area is 109 Å². The predicted octanol–water partition coefficient (Wildman–Crippen LogP) is -1.24. The third-order valence-electron chi connectivity index (χ3n) is 2.91. The van der Waals surface area contributed by atoms with Crippen molar-refractivity contribution >= 4 is 0 Å². The van der Waals surface area contributed by atoms with Crippen molar-refractivity contribution in [3.05, 3.63) is 43.5 Å². The Kier molecular flexibility index (Phi) is 3.59. The number of H-pyrrole nitrogens is 1. The van der Waals surface area contributed by atoms with Gasteiger partial charge in [-0.05, 0) is 5.53 Å². The minimum absolute atomic E-state index is 0.681. The number of azide groups is 1. The lowest BCUT2D eigenvalue weighted by Crippen LogP contribution is -2.41. The van der Waals surface area contributed by atoms with Crippen molar-refractivity contribution in [2.45, 2.75) is 24.2 Å². The van der Waals surface area contributed by atoms with E-state index in [0.717, 1.165) is 16.8 Å². The number of aromatic amines is 1. The van der Waals surface area contributed by atoms with Gasteiger partial charge in [0, 0.05) is 17.2 Å². The highest BCUT2D eigenvalue weighted by molar-refractivity contribution is 5.01. The van der Waals surface area contributed by atoms with Crippen molar-refractivity contribution < 1.29 is 19.3 Å². The lowest BCUT2D eigenvalue weighted by Gasteiger charge is -2.22. The van der Waals surface area contributed by atoms with E-state index in [4.69, 9.17) is 15.4 Å². The summed E-state index contributed by atoms with van der Waals surface area (Å²) in [6, 6.07) is 0.969. The van der Waals surface area contributed by atoms with Crippen molar-refractivity contribution in [1.82, 2.24) is 9.55 Å². The molecule has 1 aliphatic heterocycles. The van der Waals surface area contributed by atoms with E-state index in [-0.39, 0.29) is 0 Å². The number of hydrogen-bond donors (Lipinski definition) is 3. The maximum atomic E-state index is 14.0. The molecular weight excluding hydrogens is 277 g/mol. The van der Waals surface area contributed by atoms with Gasteiger partial charge < -0.3 is 14.9 Å². The van der Waals surface area contributed by atoms with Gasteiger partial charge >= 0.3 is 5.69 Å². The first-order valence-corrected chi connectivity index (χ1v) is 5.44. The Morgan fingerprint density at radius 3 is 2.90 bits per heavy atom. The molecule has 1 fully saturated rings. The van der Waals surface area contributed by atoms with Crippen LogP contribution in [0.15, 0.2) is 27.0 Å². The van der Waals surface area contributed by atoms with E-state index >= 15 is 0 Å². The average Bonchev–Trinajstić information content (AvgIpc) is 2.65. The first-order chi connectivity index (χ1) is 9.45. The molecule has 0 saturated carbocycles. The Morgan fingerprint density at radius 2 is 2.35 bits per heavy atom. The summed E-state index contributed by atoms with van der Waals surface area (Å²) in [4.78, 5) is 26.8. The van der Waals surface area contributed by atoms with Crippen LogP contribution in [0.4, 0.5) is 4.39 Å². The van der Waals surface area contributed by atoms with Crippen LogP contribution in [0.25, 0.3) is 10.4 Å². The van der Waals surface area contributed by atoms with E-state index in [1.807, 2.05) is 4.98 Å². The number of rotatable bonds is 3. The number of aliphatic hydroxyl groups excluding tert-OH is 2.